The normalized spacial score (nSPS) is 17.7. The van der Waals surface area contributed by atoms with Crippen molar-refractivity contribution in [1.82, 2.24) is 5.01 Å². The lowest BCUT2D eigenvalue weighted by atomic mass is 9.90. The van der Waals surface area contributed by atoms with Gasteiger partial charge in [0.2, 0.25) is 0 Å². The van der Waals surface area contributed by atoms with Gasteiger partial charge in [0.15, 0.2) is 0 Å². The summed E-state index contributed by atoms with van der Waals surface area (Å²) in [7, 11) is 0. The zero-order valence-corrected chi connectivity index (χ0v) is 12.4. The maximum atomic E-state index is 12.9. The molecule has 1 aliphatic rings. The lowest BCUT2D eigenvalue weighted by molar-refractivity contribution is -0.137. The second-order valence-electron chi connectivity index (χ2n) is 5.39. The Balaban J connectivity index is 2.05. The predicted octanol–water partition coefficient (Wildman–Crippen LogP) is 4.19. The first-order chi connectivity index (χ1) is 11.4. The molecule has 1 heterocycles. The van der Waals surface area contributed by atoms with E-state index in [2.05, 4.69) is 5.10 Å². The van der Waals surface area contributed by atoms with Gasteiger partial charge < -0.3 is 5.11 Å². The van der Waals surface area contributed by atoms with Crippen LogP contribution in [0, 0.1) is 0 Å². The minimum Gasteiger partial charge on any atom is -0.464 e. The smallest absolute Gasteiger partial charge is 0.427 e. The highest BCUT2D eigenvalue weighted by Gasteiger charge is 2.34. The fourth-order valence-corrected chi connectivity index (χ4v) is 2.68. The summed E-state index contributed by atoms with van der Waals surface area (Å²) < 4.78 is 38.8. The highest BCUT2D eigenvalue weighted by Crippen LogP contribution is 2.33. The number of hydrogen-bond acceptors (Lipinski definition) is 2. The summed E-state index contributed by atoms with van der Waals surface area (Å²) in [6, 6.07) is 13.8. The average Bonchev–Trinajstić information content (AvgIpc) is 3.01. The molecule has 2 aromatic carbocycles. The van der Waals surface area contributed by atoms with Crippen LogP contribution in [-0.2, 0) is 6.18 Å². The Morgan fingerprint density at radius 2 is 1.83 bits per heavy atom. The van der Waals surface area contributed by atoms with Crippen LogP contribution in [0.25, 0.3) is 0 Å². The number of nitrogens with zero attached hydrogens (tertiary/aromatic N) is 2. The van der Waals surface area contributed by atoms with Crippen molar-refractivity contribution in [3.8, 4) is 0 Å². The van der Waals surface area contributed by atoms with Gasteiger partial charge in [-0.2, -0.15) is 23.3 Å². The Morgan fingerprint density at radius 1 is 1.12 bits per heavy atom. The fourth-order valence-electron chi connectivity index (χ4n) is 2.68. The lowest BCUT2D eigenvalue weighted by Gasteiger charge is -2.14. The summed E-state index contributed by atoms with van der Waals surface area (Å²) in [6.07, 6.45) is -5.71. The van der Waals surface area contributed by atoms with Gasteiger partial charge in [-0.25, -0.2) is 4.79 Å². The molecule has 1 aliphatic heterocycles. The molecule has 1 N–H and O–H groups in total. The molecule has 4 nitrogen and oxygen atoms in total. The number of hydrogen-bond donors (Lipinski definition) is 1. The summed E-state index contributed by atoms with van der Waals surface area (Å²) in [4.78, 5) is 11.2. The molecule has 0 fully saturated rings. The number of alkyl halides is 3. The molecule has 1 unspecified atom stereocenters. The summed E-state index contributed by atoms with van der Waals surface area (Å²) in [5.74, 6) is -0.411. The molecule has 1 amide bonds. The fraction of sp³-hybridized carbons (Fsp3) is 0.176. The van der Waals surface area contributed by atoms with E-state index in [1.54, 1.807) is 24.3 Å². The Bertz CT molecular complexity index is 788. The van der Waals surface area contributed by atoms with Crippen molar-refractivity contribution in [2.24, 2.45) is 5.10 Å². The molecule has 124 valence electrons. The van der Waals surface area contributed by atoms with Crippen molar-refractivity contribution in [3.05, 3.63) is 71.3 Å². The first-order valence-electron chi connectivity index (χ1n) is 7.18. The quantitative estimate of drug-likeness (QED) is 0.895. The van der Waals surface area contributed by atoms with E-state index in [4.69, 9.17) is 5.11 Å². The monoisotopic (exact) mass is 334 g/mol. The van der Waals surface area contributed by atoms with Crippen LogP contribution in [0.5, 0.6) is 0 Å². The third kappa shape index (κ3) is 3.10. The van der Waals surface area contributed by atoms with Gasteiger partial charge in [-0.3, -0.25) is 0 Å². The van der Waals surface area contributed by atoms with E-state index in [0.717, 1.165) is 22.7 Å². The number of rotatable bonds is 2. The molecular formula is C17H13F3N2O2. The maximum Gasteiger partial charge on any atom is 0.427 e. The molecule has 3 rings (SSSR count). The van der Waals surface area contributed by atoms with E-state index in [1.807, 2.05) is 6.07 Å². The number of carboxylic acid groups (broad SMARTS) is 1. The van der Waals surface area contributed by atoms with Crippen molar-refractivity contribution in [2.45, 2.75) is 12.1 Å². The van der Waals surface area contributed by atoms with Crippen LogP contribution < -0.4 is 0 Å². The number of carbonyl (C=O) groups is 1. The van der Waals surface area contributed by atoms with Gasteiger partial charge >= 0.3 is 12.3 Å². The Morgan fingerprint density at radius 3 is 2.46 bits per heavy atom. The molecule has 0 spiro atoms. The first-order valence-corrected chi connectivity index (χ1v) is 7.18. The summed E-state index contributed by atoms with van der Waals surface area (Å²) in [6.45, 7) is 0.0743. The topological polar surface area (TPSA) is 52.9 Å². The largest absolute Gasteiger partial charge is 0.464 e. The minimum absolute atomic E-state index is 0.0743. The lowest BCUT2D eigenvalue weighted by Crippen LogP contribution is -2.23. The molecule has 0 aromatic heterocycles. The van der Waals surface area contributed by atoms with Crippen molar-refractivity contribution in [2.75, 3.05) is 6.54 Å². The SMILES string of the molecule is O=C(O)N1CC(c2ccccc2)C(c2cccc(C(F)(F)F)c2)=N1. The molecule has 0 radical (unpaired) electrons. The van der Waals surface area contributed by atoms with E-state index in [0.29, 0.717) is 5.71 Å². The number of benzene rings is 2. The van der Waals surface area contributed by atoms with Crippen LogP contribution >= 0.6 is 0 Å². The Kier molecular flexibility index (Phi) is 4.01. The van der Waals surface area contributed by atoms with E-state index >= 15 is 0 Å². The number of amides is 1. The van der Waals surface area contributed by atoms with E-state index in [9.17, 15) is 18.0 Å². The zero-order valence-electron chi connectivity index (χ0n) is 12.4. The highest BCUT2D eigenvalue weighted by atomic mass is 19.4. The Labute approximate surface area is 135 Å². The van der Waals surface area contributed by atoms with Gasteiger partial charge in [-0.1, -0.05) is 42.5 Å². The van der Waals surface area contributed by atoms with Gasteiger partial charge in [0, 0.05) is 5.92 Å². The molecule has 0 saturated carbocycles. The Hall–Kier alpha value is -2.83. The maximum absolute atomic E-state index is 12.9. The average molecular weight is 334 g/mol. The summed E-state index contributed by atoms with van der Waals surface area (Å²) in [5, 5.41) is 14.0. The minimum atomic E-state index is -4.47. The highest BCUT2D eigenvalue weighted by molar-refractivity contribution is 6.07. The second kappa shape index (κ2) is 5.99. The van der Waals surface area contributed by atoms with Crippen LogP contribution in [0.3, 0.4) is 0 Å². The van der Waals surface area contributed by atoms with Gasteiger partial charge in [-0.15, -0.1) is 0 Å². The summed E-state index contributed by atoms with van der Waals surface area (Å²) >= 11 is 0. The van der Waals surface area contributed by atoms with Gasteiger partial charge in [-0.05, 0) is 23.3 Å². The van der Waals surface area contributed by atoms with Crippen LogP contribution in [0.15, 0.2) is 59.7 Å². The van der Waals surface area contributed by atoms with Gasteiger partial charge in [0.05, 0.1) is 17.8 Å². The summed E-state index contributed by atoms with van der Waals surface area (Å²) in [5.41, 5.74) is 0.595. The van der Waals surface area contributed by atoms with Gasteiger partial charge in [0.25, 0.3) is 0 Å². The van der Waals surface area contributed by atoms with E-state index in [1.165, 1.54) is 12.1 Å². The first kappa shape index (κ1) is 16.0. The molecule has 2 aromatic rings. The second-order valence-corrected chi connectivity index (χ2v) is 5.39. The number of hydrazone groups is 1. The van der Waals surface area contributed by atoms with Crippen LogP contribution in [-0.4, -0.2) is 28.5 Å². The molecule has 1 atom stereocenters. The van der Waals surface area contributed by atoms with E-state index < -0.39 is 23.8 Å². The van der Waals surface area contributed by atoms with Crippen molar-refractivity contribution < 1.29 is 23.1 Å². The van der Waals surface area contributed by atoms with Crippen LogP contribution in [0.1, 0.15) is 22.6 Å². The molecule has 0 bridgehead atoms. The van der Waals surface area contributed by atoms with Crippen molar-refractivity contribution >= 4 is 11.8 Å². The van der Waals surface area contributed by atoms with Crippen LogP contribution in [0.4, 0.5) is 18.0 Å². The number of halogens is 3. The van der Waals surface area contributed by atoms with Gasteiger partial charge in [0.1, 0.15) is 0 Å². The predicted molar refractivity (Wildman–Crippen MR) is 81.9 cm³/mol. The van der Waals surface area contributed by atoms with Crippen LogP contribution in [0.2, 0.25) is 0 Å². The van der Waals surface area contributed by atoms with Crippen molar-refractivity contribution in [3.63, 3.8) is 0 Å². The molecule has 0 saturated heterocycles. The van der Waals surface area contributed by atoms with Crippen molar-refractivity contribution in [1.29, 1.82) is 0 Å². The molecule has 0 aliphatic carbocycles. The molecule has 24 heavy (non-hydrogen) atoms. The third-order valence-corrected chi connectivity index (χ3v) is 3.82. The van der Waals surface area contributed by atoms with E-state index in [-0.39, 0.29) is 12.1 Å². The molecule has 7 heteroatoms. The zero-order chi connectivity index (χ0) is 17.3. The standard InChI is InChI=1S/C17H13F3N2O2/c18-17(19,20)13-8-4-7-12(9-13)15-14(10-22(21-15)16(23)24)11-5-2-1-3-6-11/h1-9,14H,10H2,(H,23,24). The third-order valence-electron chi connectivity index (χ3n) is 3.82. The molecular weight excluding hydrogens is 321 g/mol.